The summed E-state index contributed by atoms with van der Waals surface area (Å²) in [6, 6.07) is 0. The number of ether oxygens (including phenoxy) is 5. The van der Waals surface area contributed by atoms with Gasteiger partial charge in [-0.25, -0.2) is 4.79 Å². The molecule has 8 atom stereocenters. The van der Waals surface area contributed by atoms with E-state index in [1.807, 2.05) is 0 Å². The van der Waals surface area contributed by atoms with Crippen LogP contribution in [0.4, 0.5) is 39.5 Å². The molecule has 2 bridgehead atoms. The summed E-state index contributed by atoms with van der Waals surface area (Å²) in [5.41, 5.74) is -13.2. The molecule has 0 aromatic carbocycles. The van der Waals surface area contributed by atoms with Crippen molar-refractivity contribution in [2.24, 2.45) is 11.8 Å². The monoisotopic (exact) mass is 732 g/mol. The Labute approximate surface area is 276 Å². The normalized spacial score (nSPS) is 25.5. The SMILES string of the molecule is C=C(C)C(=O)OC1CC(C(=O)OC(CC(C)(C)OC(C)C(C)(O)C(F)(F)F)C(C)(C)OC(C)C(O)(C(F)(F)F)C(F)(F)F)C2CC1OC2=O. The van der Waals surface area contributed by atoms with Gasteiger partial charge in [-0.15, -0.1) is 0 Å². The van der Waals surface area contributed by atoms with E-state index in [9.17, 15) is 64.1 Å². The zero-order valence-electron chi connectivity index (χ0n) is 27.9. The summed E-state index contributed by atoms with van der Waals surface area (Å²) in [4.78, 5) is 38.4. The molecule has 49 heavy (non-hydrogen) atoms. The van der Waals surface area contributed by atoms with Crippen molar-refractivity contribution in [1.82, 2.24) is 0 Å². The molecule has 0 aromatic rings. The Bertz CT molecular complexity index is 1240. The van der Waals surface area contributed by atoms with Gasteiger partial charge in [-0.3, -0.25) is 9.59 Å². The quantitative estimate of drug-likeness (QED) is 0.112. The van der Waals surface area contributed by atoms with E-state index >= 15 is 0 Å². The van der Waals surface area contributed by atoms with Crippen LogP contribution in [0, 0.1) is 11.8 Å². The summed E-state index contributed by atoms with van der Waals surface area (Å²) in [6.07, 6.45) is -28.3. The zero-order chi connectivity index (χ0) is 38.5. The average molecular weight is 733 g/mol. The highest BCUT2D eigenvalue weighted by atomic mass is 19.4. The van der Waals surface area contributed by atoms with Crippen molar-refractivity contribution >= 4 is 17.9 Å². The molecule has 0 amide bonds. The summed E-state index contributed by atoms with van der Waals surface area (Å²) in [6.45, 7) is 10.4. The minimum Gasteiger partial charge on any atom is -0.459 e. The maximum Gasteiger partial charge on any atom is 0.428 e. The van der Waals surface area contributed by atoms with Gasteiger partial charge in [0.05, 0.1) is 23.5 Å². The number of carbonyl (C=O) groups excluding carboxylic acids is 3. The van der Waals surface area contributed by atoms with Crippen LogP contribution in [0.25, 0.3) is 0 Å². The predicted molar refractivity (Wildman–Crippen MR) is 148 cm³/mol. The number of carbonyl (C=O) groups is 3. The molecule has 2 aliphatic rings. The second-order valence-electron chi connectivity index (χ2n) is 13.8. The molecule has 8 unspecified atom stereocenters. The van der Waals surface area contributed by atoms with Crippen LogP contribution in [0.1, 0.15) is 74.7 Å². The maximum atomic E-state index is 13.7. The lowest BCUT2D eigenvalue weighted by Gasteiger charge is -2.45. The number of hydrogen-bond donors (Lipinski definition) is 2. The largest absolute Gasteiger partial charge is 0.459 e. The summed E-state index contributed by atoms with van der Waals surface area (Å²) < 4.78 is 149. The molecule has 1 heterocycles. The molecule has 19 heteroatoms. The Balaban J connectivity index is 2.53. The van der Waals surface area contributed by atoms with Crippen LogP contribution in [-0.2, 0) is 38.1 Å². The molecule has 1 aliphatic carbocycles. The van der Waals surface area contributed by atoms with Crippen LogP contribution in [0.2, 0.25) is 0 Å². The molecule has 284 valence electrons. The van der Waals surface area contributed by atoms with Gasteiger partial charge in [0, 0.05) is 24.8 Å². The molecule has 1 aliphatic heterocycles. The van der Waals surface area contributed by atoms with Gasteiger partial charge >= 0.3 is 36.4 Å². The van der Waals surface area contributed by atoms with Crippen molar-refractivity contribution < 1.29 is 87.8 Å². The molecule has 0 radical (unpaired) electrons. The summed E-state index contributed by atoms with van der Waals surface area (Å²) in [7, 11) is 0. The molecule has 0 aromatic heterocycles. The topological polar surface area (TPSA) is 138 Å². The minimum atomic E-state index is -6.31. The third-order valence-corrected chi connectivity index (χ3v) is 8.86. The molecular formula is C30H41F9O10. The van der Waals surface area contributed by atoms with Crippen LogP contribution in [0.3, 0.4) is 0 Å². The Morgan fingerprint density at radius 2 is 1.39 bits per heavy atom. The van der Waals surface area contributed by atoms with E-state index in [0.29, 0.717) is 6.92 Å². The molecule has 2 N–H and O–H groups in total. The van der Waals surface area contributed by atoms with E-state index in [1.165, 1.54) is 6.92 Å². The molecule has 2 fully saturated rings. The lowest BCUT2D eigenvalue weighted by Crippen LogP contribution is -2.66. The van der Waals surface area contributed by atoms with Gasteiger partial charge in [0.25, 0.3) is 5.60 Å². The number of hydrogen-bond acceptors (Lipinski definition) is 10. The zero-order valence-corrected chi connectivity index (χ0v) is 27.9. The number of rotatable bonds is 13. The smallest absolute Gasteiger partial charge is 0.428 e. The van der Waals surface area contributed by atoms with E-state index in [0.717, 1.165) is 34.6 Å². The molecule has 1 saturated heterocycles. The Kier molecular flexibility index (Phi) is 12.0. The number of alkyl halides is 9. The number of esters is 3. The lowest BCUT2D eigenvalue weighted by atomic mass is 9.78. The van der Waals surface area contributed by atoms with Crippen LogP contribution in [0.5, 0.6) is 0 Å². The highest BCUT2D eigenvalue weighted by Gasteiger charge is 2.74. The van der Waals surface area contributed by atoms with Gasteiger partial charge in [-0.2, -0.15) is 39.5 Å². The van der Waals surface area contributed by atoms with Gasteiger partial charge < -0.3 is 33.9 Å². The van der Waals surface area contributed by atoms with Crippen molar-refractivity contribution in [3.05, 3.63) is 12.2 Å². The maximum absolute atomic E-state index is 13.7. The highest BCUT2D eigenvalue weighted by Crippen LogP contribution is 2.48. The first-order valence-corrected chi connectivity index (χ1v) is 15.0. The van der Waals surface area contributed by atoms with E-state index in [2.05, 4.69) is 6.58 Å². The van der Waals surface area contributed by atoms with Gasteiger partial charge in [-0.05, 0) is 55.4 Å². The first-order valence-electron chi connectivity index (χ1n) is 15.0. The third kappa shape index (κ3) is 9.00. The first-order chi connectivity index (χ1) is 21.7. The number of aliphatic hydroxyl groups is 2. The Hall–Kier alpha value is -2.64. The van der Waals surface area contributed by atoms with Crippen molar-refractivity contribution in [2.75, 3.05) is 0 Å². The fraction of sp³-hybridized carbons (Fsp3) is 0.833. The fourth-order valence-electron chi connectivity index (χ4n) is 5.59. The van der Waals surface area contributed by atoms with Crippen LogP contribution < -0.4 is 0 Å². The van der Waals surface area contributed by atoms with Crippen molar-refractivity contribution in [1.29, 1.82) is 0 Å². The second kappa shape index (κ2) is 13.8. The van der Waals surface area contributed by atoms with Gasteiger partial charge in [-0.1, -0.05) is 6.58 Å². The van der Waals surface area contributed by atoms with Crippen molar-refractivity contribution in [2.45, 2.75) is 146 Å². The van der Waals surface area contributed by atoms with Gasteiger partial charge in [0.15, 0.2) is 5.60 Å². The predicted octanol–water partition coefficient (Wildman–Crippen LogP) is 5.26. The second-order valence-corrected chi connectivity index (χ2v) is 13.8. The lowest BCUT2D eigenvalue weighted by molar-refractivity contribution is -0.400. The van der Waals surface area contributed by atoms with E-state index in [-0.39, 0.29) is 25.3 Å². The third-order valence-electron chi connectivity index (χ3n) is 8.86. The minimum absolute atomic E-state index is 0.0303. The Morgan fingerprint density at radius 1 is 0.878 bits per heavy atom. The van der Waals surface area contributed by atoms with Crippen molar-refractivity contribution in [3.8, 4) is 0 Å². The van der Waals surface area contributed by atoms with Crippen molar-refractivity contribution in [3.63, 3.8) is 0 Å². The van der Waals surface area contributed by atoms with Crippen LogP contribution in [0.15, 0.2) is 12.2 Å². The molecular weight excluding hydrogens is 691 g/mol. The molecule has 2 rings (SSSR count). The van der Waals surface area contributed by atoms with E-state index in [1.54, 1.807) is 0 Å². The number of fused-ring (bicyclic) bond motifs is 2. The summed E-state index contributed by atoms with van der Waals surface area (Å²) in [5.74, 6) is -5.62. The average Bonchev–Trinajstić information content (AvgIpc) is 3.22. The van der Waals surface area contributed by atoms with E-state index < -0.39 is 108 Å². The molecule has 10 nitrogen and oxygen atoms in total. The number of halogens is 9. The van der Waals surface area contributed by atoms with Gasteiger partial charge in [0.1, 0.15) is 30.0 Å². The molecule has 1 saturated carbocycles. The fourth-order valence-corrected chi connectivity index (χ4v) is 5.59. The highest BCUT2D eigenvalue weighted by molar-refractivity contribution is 5.88. The van der Waals surface area contributed by atoms with Crippen LogP contribution in [-0.4, -0.2) is 99.6 Å². The first kappa shape index (κ1) is 42.5. The van der Waals surface area contributed by atoms with Crippen LogP contribution >= 0.6 is 0 Å². The molecule has 0 spiro atoms. The summed E-state index contributed by atoms with van der Waals surface area (Å²) >= 11 is 0. The Morgan fingerprint density at radius 3 is 1.84 bits per heavy atom. The summed E-state index contributed by atoms with van der Waals surface area (Å²) in [5, 5.41) is 20.0. The van der Waals surface area contributed by atoms with Gasteiger partial charge in [0.2, 0.25) is 0 Å². The van der Waals surface area contributed by atoms with E-state index in [4.69, 9.17) is 23.7 Å². The standard InChI is InChI=1S/C30H41F9O10/c1-13(2)21(40)45-18-11-17(16-10-19(18)46-22(16)41)23(42)47-20(12-24(5,6)48-14(3)26(9,43)28(31,32)33)25(7,8)49-15(4)27(44,29(34,35)36)30(37,38)39/h14-20,43-44H,1,10-12H2,2-9H3.